The minimum atomic E-state index is 0.0720. The quantitative estimate of drug-likeness (QED) is 0.938. The van der Waals surface area contributed by atoms with Crippen molar-refractivity contribution in [2.24, 2.45) is 0 Å². The van der Waals surface area contributed by atoms with Crippen molar-refractivity contribution >= 4 is 17.0 Å². The van der Waals surface area contributed by atoms with E-state index < -0.39 is 0 Å². The van der Waals surface area contributed by atoms with E-state index in [-0.39, 0.29) is 11.8 Å². The molecule has 1 amide bonds. The van der Waals surface area contributed by atoms with Gasteiger partial charge in [-0.25, -0.2) is 4.98 Å². The molecule has 1 aliphatic carbocycles. The van der Waals surface area contributed by atoms with Crippen LogP contribution in [-0.4, -0.2) is 46.6 Å². The number of carbonyl (C=O) groups excluding carboxylic acids is 1. The molecule has 6 heteroatoms. The molecule has 0 radical (unpaired) electrons. The molecule has 3 heterocycles. The second kappa shape index (κ2) is 5.84. The lowest BCUT2D eigenvalue weighted by Crippen LogP contribution is -2.51. The number of amides is 1. The fourth-order valence-corrected chi connectivity index (χ4v) is 3.43. The highest BCUT2D eigenvalue weighted by Crippen LogP contribution is 2.41. The van der Waals surface area contributed by atoms with E-state index >= 15 is 0 Å². The molecule has 0 bridgehead atoms. The van der Waals surface area contributed by atoms with Gasteiger partial charge in [-0.2, -0.15) is 0 Å². The number of hydrogen-bond acceptors (Lipinski definition) is 5. The molecule has 1 atom stereocenters. The van der Waals surface area contributed by atoms with Crippen LogP contribution in [0.4, 0.5) is 0 Å². The number of nitrogens with zero attached hydrogens (tertiary/aromatic N) is 3. The Balaban J connectivity index is 1.81. The van der Waals surface area contributed by atoms with Crippen LogP contribution in [0, 0.1) is 0 Å². The van der Waals surface area contributed by atoms with E-state index in [1.165, 1.54) is 0 Å². The summed E-state index contributed by atoms with van der Waals surface area (Å²) in [5, 5.41) is 8.38. The Hall–Kier alpha value is -1.95. The van der Waals surface area contributed by atoms with Crippen LogP contribution in [0.5, 0.6) is 0 Å². The van der Waals surface area contributed by atoms with Crippen molar-refractivity contribution in [2.75, 3.05) is 19.6 Å². The summed E-state index contributed by atoms with van der Waals surface area (Å²) in [6.45, 7) is 8.52. The molecule has 2 aromatic heterocycles. The lowest BCUT2D eigenvalue weighted by atomic mass is 10.0. The first-order chi connectivity index (χ1) is 11.5. The van der Waals surface area contributed by atoms with E-state index in [0.29, 0.717) is 23.2 Å². The molecular weight excluding hydrogens is 304 g/mol. The average molecular weight is 328 g/mol. The van der Waals surface area contributed by atoms with Gasteiger partial charge in [-0.1, -0.05) is 19.0 Å². The molecule has 2 aromatic rings. The first-order valence-electron chi connectivity index (χ1n) is 8.87. The highest BCUT2D eigenvalue weighted by Gasteiger charge is 2.31. The topological polar surface area (TPSA) is 71.3 Å². The lowest BCUT2D eigenvalue weighted by molar-refractivity contribution is 0.0711. The van der Waals surface area contributed by atoms with Gasteiger partial charge in [0.05, 0.1) is 16.6 Å². The van der Waals surface area contributed by atoms with Gasteiger partial charge in [0, 0.05) is 37.3 Å². The lowest BCUT2D eigenvalue weighted by Gasteiger charge is -2.32. The molecule has 128 valence electrons. The maximum absolute atomic E-state index is 13.2. The van der Waals surface area contributed by atoms with Crippen molar-refractivity contribution in [3.63, 3.8) is 0 Å². The predicted octanol–water partition coefficient (Wildman–Crippen LogP) is 2.66. The number of fused-ring (bicyclic) bond motifs is 1. The molecule has 6 nitrogen and oxygen atoms in total. The van der Waals surface area contributed by atoms with E-state index in [2.05, 4.69) is 36.2 Å². The van der Waals surface area contributed by atoms with Crippen molar-refractivity contribution < 1.29 is 9.32 Å². The number of carbonyl (C=O) groups is 1. The van der Waals surface area contributed by atoms with Crippen LogP contribution in [0.15, 0.2) is 10.6 Å². The van der Waals surface area contributed by atoms with E-state index in [9.17, 15) is 4.79 Å². The summed E-state index contributed by atoms with van der Waals surface area (Å²) in [6.07, 6.45) is 2.28. The Labute approximate surface area is 141 Å². The van der Waals surface area contributed by atoms with Crippen LogP contribution in [0.3, 0.4) is 0 Å². The van der Waals surface area contributed by atoms with Gasteiger partial charge in [-0.15, -0.1) is 0 Å². The summed E-state index contributed by atoms with van der Waals surface area (Å²) in [4.78, 5) is 19.8. The van der Waals surface area contributed by atoms with Gasteiger partial charge < -0.3 is 14.7 Å². The zero-order chi connectivity index (χ0) is 16.8. The molecule has 24 heavy (non-hydrogen) atoms. The van der Waals surface area contributed by atoms with Gasteiger partial charge >= 0.3 is 0 Å². The SMILES string of the molecule is CC1CN(C(=O)c2cc(C3CC3)nc3onc(C(C)C)c23)CCN1. The Morgan fingerprint density at radius 2 is 2.21 bits per heavy atom. The molecule has 0 aromatic carbocycles. The molecule has 1 saturated heterocycles. The smallest absolute Gasteiger partial charge is 0.259 e. The van der Waals surface area contributed by atoms with Gasteiger partial charge in [-0.3, -0.25) is 4.79 Å². The van der Waals surface area contributed by atoms with E-state index in [1.807, 2.05) is 11.0 Å². The average Bonchev–Trinajstić information content (AvgIpc) is 3.32. The first kappa shape index (κ1) is 15.6. The Morgan fingerprint density at radius 1 is 1.42 bits per heavy atom. The van der Waals surface area contributed by atoms with Gasteiger partial charge in [-0.05, 0) is 31.7 Å². The van der Waals surface area contributed by atoms with Crippen molar-refractivity contribution in [1.29, 1.82) is 0 Å². The van der Waals surface area contributed by atoms with E-state index in [1.54, 1.807) is 0 Å². The third-order valence-electron chi connectivity index (χ3n) is 4.92. The third-order valence-corrected chi connectivity index (χ3v) is 4.92. The minimum Gasteiger partial charge on any atom is -0.336 e. The zero-order valence-electron chi connectivity index (χ0n) is 14.5. The Kier molecular flexibility index (Phi) is 3.79. The van der Waals surface area contributed by atoms with Gasteiger partial charge in [0.1, 0.15) is 0 Å². The van der Waals surface area contributed by atoms with Crippen molar-refractivity contribution in [3.8, 4) is 0 Å². The molecule has 4 rings (SSSR count). The van der Waals surface area contributed by atoms with Crippen molar-refractivity contribution in [2.45, 2.75) is 51.5 Å². The predicted molar refractivity (Wildman–Crippen MR) is 91.2 cm³/mol. The second-order valence-electron chi connectivity index (χ2n) is 7.38. The maximum atomic E-state index is 13.2. The van der Waals surface area contributed by atoms with Crippen LogP contribution in [-0.2, 0) is 0 Å². The molecule has 2 aliphatic rings. The van der Waals surface area contributed by atoms with Crippen LogP contribution >= 0.6 is 0 Å². The normalized spacial score (nSPS) is 21.7. The molecular formula is C18H24N4O2. The van der Waals surface area contributed by atoms with Crippen molar-refractivity contribution in [1.82, 2.24) is 20.4 Å². The molecule has 2 fully saturated rings. The first-order valence-corrected chi connectivity index (χ1v) is 8.87. The fraction of sp³-hybridized carbons (Fsp3) is 0.611. The second-order valence-corrected chi connectivity index (χ2v) is 7.38. The molecule has 1 saturated carbocycles. The summed E-state index contributed by atoms with van der Waals surface area (Å²) in [5.41, 5.74) is 3.02. The summed E-state index contributed by atoms with van der Waals surface area (Å²) in [6, 6.07) is 2.30. The molecule has 0 spiro atoms. The summed E-state index contributed by atoms with van der Waals surface area (Å²) >= 11 is 0. The summed E-state index contributed by atoms with van der Waals surface area (Å²) in [7, 11) is 0. The van der Waals surface area contributed by atoms with Gasteiger partial charge in [0.15, 0.2) is 0 Å². The highest BCUT2D eigenvalue weighted by molar-refractivity contribution is 6.06. The molecule has 1 N–H and O–H groups in total. The number of nitrogens with one attached hydrogen (secondary N) is 1. The maximum Gasteiger partial charge on any atom is 0.259 e. The largest absolute Gasteiger partial charge is 0.336 e. The number of piperazine rings is 1. The standard InChI is InChI=1S/C18H24N4O2/c1-10(2)16-15-13(18(23)22-7-6-19-11(3)9-22)8-14(12-4-5-12)20-17(15)24-21-16/h8,10-12,19H,4-7,9H2,1-3H3. The number of pyridine rings is 1. The third kappa shape index (κ3) is 2.69. The Morgan fingerprint density at radius 3 is 2.88 bits per heavy atom. The van der Waals surface area contributed by atoms with Crippen molar-refractivity contribution in [3.05, 3.63) is 23.0 Å². The monoisotopic (exact) mass is 328 g/mol. The fourth-order valence-electron chi connectivity index (χ4n) is 3.43. The van der Waals surface area contributed by atoms with E-state index in [0.717, 1.165) is 49.2 Å². The van der Waals surface area contributed by atoms with Gasteiger partial charge in [0.2, 0.25) is 0 Å². The summed E-state index contributed by atoms with van der Waals surface area (Å²) < 4.78 is 5.48. The number of aromatic nitrogens is 2. The number of hydrogen-bond donors (Lipinski definition) is 1. The van der Waals surface area contributed by atoms with Crippen LogP contribution in [0.1, 0.15) is 67.2 Å². The van der Waals surface area contributed by atoms with E-state index in [4.69, 9.17) is 4.52 Å². The minimum absolute atomic E-state index is 0.0720. The zero-order valence-corrected chi connectivity index (χ0v) is 14.5. The van der Waals surface area contributed by atoms with Crippen LogP contribution in [0.2, 0.25) is 0 Å². The van der Waals surface area contributed by atoms with Gasteiger partial charge in [0.25, 0.3) is 11.6 Å². The Bertz CT molecular complexity index is 779. The molecule has 1 aliphatic heterocycles. The molecule has 1 unspecified atom stereocenters. The summed E-state index contributed by atoms with van der Waals surface area (Å²) in [5.74, 6) is 0.728. The number of rotatable bonds is 3. The van der Waals surface area contributed by atoms with Crippen LogP contribution < -0.4 is 5.32 Å². The van der Waals surface area contributed by atoms with Crippen LogP contribution in [0.25, 0.3) is 11.1 Å². The highest BCUT2D eigenvalue weighted by atomic mass is 16.5.